The molecule has 0 bridgehead atoms. The summed E-state index contributed by atoms with van der Waals surface area (Å²) in [6, 6.07) is 13.1. The van der Waals surface area contributed by atoms with Crippen molar-refractivity contribution in [2.45, 2.75) is 6.92 Å². The number of anilines is 3. The molecule has 5 nitrogen and oxygen atoms in total. The maximum Gasteiger partial charge on any atom is 0.301 e. The predicted octanol–water partition coefficient (Wildman–Crippen LogP) is 3.72. The van der Waals surface area contributed by atoms with Crippen LogP contribution in [0.4, 0.5) is 17.1 Å². The fourth-order valence-electron chi connectivity index (χ4n) is 1.70. The molecule has 0 fully saturated rings. The maximum absolute atomic E-state index is 11.7. The minimum Gasteiger partial charge on any atom is -0.355 e. The van der Waals surface area contributed by atoms with E-state index in [0.29, 0.717) is 5.69 Å². The van der Waals surface area contributed by atoms with Crippen LogP contribution >= 0.6 is 15.9 Å². The van der Waals surface area contributed by atoms with Crippen molar-refractivity contribution in [3.8, 4) is 0 Å². The first kappa shape index (κ1) is 16.8. The Morgan fingerprint density at radius 3 is 2.05 bits per heavy atom. The quantitative estimate of drug-likeness (QED) is 0.826. The zero-order valence-corrected chi connectivity index (χ0v) is 15.0. The maximum atomic E-state index is 11.7. The van der Waals surface area contributed by atoms with Crippen molar-refractivity contribution in [3.05, 3.63) is 52.5 Å². The highest BCUT2D eigenvalue weighted by molar-refractivity contribution is 9.10. The fourth-order valence-corrected chi connectivity index (χ4v) is 2.69. The molecule has 7 heteroatoms. The number of rotatable bonds is 5. The zero-order chi connectivity index (χ0) is 16.3. The van der Waals surface area contributed by atoms with Crippen molar-refractivity contribution in [1.82, 2.24) is 4.31 Å². The summed E-state index contributed by atoms with van der Waals surface area (Å²) < 4.78 is 28.1. The van der Waals surface area contributed by atoms with Gasteiger partial charge < -0.3 is 5.32 Å². The summed E-state index contributed by atoms with van der Waals surface area (Å²) >= 11 is 3.50. The van der Waals surface area contributed by atoms with E-state index < -0.39 is 10.2 Å². The summed E-state index contributed by atoms with van der Waals surface area (Å²) in [5.41, 5.74) is 3.52. The molecular weight excluding hydrogens is 366 g/mol. The SMILES string of the molecule is Cc1ccc(Nc2ccc(NS(=O)(=O)N(C)C)cc2)cc1Br. The zero-order valence-electron chi connectivity index (χ0n) is 12.6. The molecule has 0 aliphatic heterocycles. The van der Waals surface area contributed by atoms with E-state index in [4.69, 9.17) is 0 Å². The highest BCUT2D eigenvalue weighted by Gasteiger charge is 2.12. The molecule has 2 aromatic rings. The average Bonchev–Trinajstić information content (AvgIpc) is 2.44. The van der Waals surface area contributed by atoms with E-state index in [2.05, 4.69) is 26.0 Å². The highest BCUT2D eigenvalue weighted by Crippen LogP contribution is 2.24. The Balaban J connectivity index is 2.10. The van der Waals surface area contributed by atoms with Crippen LogP contribution in [-0.4, -0.2) is 26.8 Å². The lowest BCUT2D eigenvalue weighted by Gasteiger charge is -2.14. The van der Waals surface area contributed by atoms with Gasteiger partial charge in [-0.15, -0.1) is 0 Å². The van der Waals surface area contributed by atoms with E-state index >= 15 is 0 Å². The Morgan fingerprint density at radius 2 is 1.50 bits per heavy atom. The van der Waals surface area contributed by atoms with Crippen LogP contribution in [0.15, 0.2) is 46.9 Å². The number of benzene rings is 2. The summed E-state index contributed by atoms with van der Waals surface area (Å²) in [7, 11) is -0.517. The summed E-state index contributed by atoms with van der Waals surface area (Å²) in [5.74, 6) is 0. The third-order valence-corrected chi connectivity index (χ3v) is 5.38. The lowest BCUT2D eigenvalue weighted by atomic mass is 10.2. The second-order valence-electron chi connectivity index (χ2n) is 5.06. The minimum atomic E-state index is -3.48. The van der Waals surface area contributed by atoms with Gasteiger partial charge in [0.15, 0.2) is 0 Å². The standard InChI is InChI=1S/C15H18BrN3O2S/c1-11-4-5-14(10-15(11)16)17-12-6-8-13(9-7-12)18-22(20,21)19(2)3/h4-10,17-18H,1-3H3. The number of aryl methyl sites for hydroxylation is 1. The summed E-state index contributed by atoms with van der Waals surface area (Å²) in [5, 5.41) is 3.27. The Hall–Kier alpha value is -1.57. The van der Waals surface area contributed by atoms with Crippen molar-refractivity contribution in [2.75, 3.05) is 24.1 Å². The molecule has 0 heterocycles. The van der Waals surface area contributed by atoms with Crippen LogP contribution in [0.3, 0.4) is 0 Å². The molecule has 0 aromatic heterocycles. The van der Waals surface area contributed by atoms with Crippen molar-refractivity contribution in [2.24, 2.45) is 0 Å². The monoisotopic (exact) mass is 383 g/mol. The van der Waals surface area contributed by atoms with Crippen LogP contribution in [0.1, 0.15) is 5.56 Å². The van der Waals surface area contributed by atoms with Gasteiger partial charge in [-0.25, -0.2) is 0 Å². The molecule has 22 heavy (non-hydrogen) atoms. The van der Waals surface area contributed by atoms with Crippen LogP contribution in [0.2, 0.25) is 0 Å². The van der Waals surface area contributed by atoms with Gasteiger partial charge in [-0.1, -0.05) is 22.0 Å². The molecule has 2 aromatic carbocycles. The van der Waals surface area contributed by atoms with Gasteiger partial charge in [0.1, 0.15) is 0 Å². The fraction of sp³-hybridized carbons (Fsp3) is 0.200. The number of halogens is 1. The molecule has 0 aliphatic rings. The normalized spacial score (nSPS) is 11.5. The smallest absolute Gasteiger partial charge is 0.301 e. The van der Waals surface area contributed by atoms with Crippen molar-refractivity contribution in [1.29, 1.82) is 0 Å². The summed E-state index contributed by atoms with van der Waals surface area (Å²) in [4.78, 5) is 0. The van der Waals surface area contributed by atoms with Crippen LogP contribution in [0, 0.1) is 6.92 Å². The summed E-state index contributed by atoms with van der Waals surface area (Å²) in [6.07, 6.45) is 0. The number of hydrogen-bond donors (Lipinski definition) is 2. The first-order valence-electron chi connectivity index (χ1n) is 6.61. The van der Waals surface area contributed by atoms with Crippen LogP contribution < -0.4 is 10.0 Å². The van der Waals surface area contributed by atoms with Crippen molar-refractivity contribution in [3.63, 3.8) is 0 Å². The topological polar surface area (TPSA) is 61.4 Å². The van der Waals surface area contributed by atoms with E-state index in [-0.39, 0.29) is 0 Å². The molecule has 0 atom stereocenters. The Kier molecular flexibility index (Phi) is 5.10. The van der Waals surface area contributed by atoms with Crippen molar-refractivity contribution >= 4 is 43.2 Å². The van der Waals surface area contributed by atoms with Crippen molar-refractivity contribution < 1.29 is 8.42 Å². The molecule has 0 amide bonds. The van der Waals surface area contributed by atoms with E-state index in [0.717, 1.165) is 20.2 Å². The van der Waals surface area contributed by atoms with E-state index in [9.17, 15) is 8.42 Å². The van der Waals surface area contributed by atoms with Gasteiger partial charge in [0.05, 0.1) is 0 Å². The number of nitrogens with one attached hydrogen (secondary N) is 2. The minimum absolute atomic E-state index is 0.518. The van der Waals surface area contributed by atoms with E-state index in [1.54, 1.807) is 12.1 Å². The Labute approximate surface area is 139 Å². The van der Waals surface area contributed by atoms with Gasteiger partial charge in [0, 0.05) is 35.6 Å². The summed E-state index contributed by atoms with van der Waals surface area (Å²) in [6.45, 7) is 2.03. The number of hydrogen-bond acceptors (Lipinski definition) is 3. The largest absolute Gasteiger partial charge is 0.355 e. The van der Waals surface area contributed by atoms with Gasteiger partial charge in [-0.3, -0.25) is 4.72 Å². The van der Waals surface area contributed by atoms with Crippen LogP contribution in [0.5, 0.6) is 0 Å². The Bertz CT molecular complexity index is 759. The molecule has 0 saturated heterocycles. The lowest BCUT2D eigenvalue weighted by molar-refractivity contribution is 0.527. The van der Waals surface area contributed by atoms with Gasteiger partial charge in [-0.2, -0.15) is 12.7 Å². The predicted molar refractivity (Wildman–Crippen MR) is 94.8 cm³/mol. The molecule has 0 unspecified atom stereocenters. The Morgan fingerprint density at radius 1 is 0.955 bits per heavy atom. The van der Waals surface area contributed by atoms with Gasteiger partial charge in [0.2, 0.25) is 0 Å². The third-order valence-electron chi connectivity index (χ3n) is 3.07. The molecule has 2 N–H and O–H groups in total. The molecule has 0 radical (unpaired) electrons. The molecular formula is C15H18BrN3O2S. The van der Waals surface area contributed by atoms with Gasteiger partial charge >= 0.3 is 10.2 Å². The molecule has 2 rings (SSSR count). The average molecular weight is 384 g/mol. The molecule has 0 spiro atoms. The van der Waals surface area contributed by atoms with E-state index in [1.165, 1.54) is 19.7 Å². The lowest BCUT2D eigenvalue weighted by Crippen LogP contribution is -2.28. The van der Waals surface area contributed by atoms with Gasteiger partial charge in [0.25, 0.3) is 0 Å². The first-order chi connectivity index (χ1) is 10.3. The second-order valence-corrected chi connectivity index (χ2v) is 7.79. The van der Waals surface area contributed by atoms with Crippen LogP contribution in [0.25, 0.3) is 0 Å². The molecule has 0 aliphatic carbocycles. The first-order valence-corrected chi connectivity index (χ1v) is 8.85. The third kappa shape index (κ3) is 4.22. The van der Waals surface area contributed by atoms with Crippen LogP contribution in [-0.2, 0) is 10.2 Å². The molecule has 0 saturated carbocycles. The molecule has 118 valence electrons. The second kappa shape index (κ2) is 6.68. The highest BCUT2D eigenvalue weighted by atomic mass is 79.9. The van der Waals surface area contributed by atoms with E-state index in [1.807, 2.05) is 37.3 Å². The van der Waals surface area contributed by atoms with Gasteiger partial charge in [-0.05, 0) is 48.9 Å². The number of nitrogens with zero attached hydrogens (tertiary/aromatic N) is 1.